The standard InChI is InChI=1S/C17H24N4O4S2/c1-4-21-14-8-7-13(10-15(14)26-17(21)23)18-16(22)12-6-5-9-20(11-12)27(24,25)19(2)3/h7-8,10,12H,4-6,9,11H2,1-3H3,(H,18,22)/t12-/m1/s1. The lowest BCUT2D eigenvalue weighted by molar-refractivity contribution is -0.120. The molecular weight excluding hydrogens is 388 g/mol. The second-order valence-electron chi connectivity index (χ2n) is 6.77. The fraction of sp³-hybridized carbons (Fsp3) is 0.529. The van der Waals surface area contributed by atoms with Crippen molar-refractivity contribution in [2.45, 2.75) is 26.3 Å². The molecule has 1 fully saturated rings. The van der Waals surface area contributed by atoms with Crippen LogP contribution in [0.25, 0.3) is 10.2 Å². The molecule has 1 N–H and O–H groups in total. The van der Waals surface area contributed by atoms with Crippen molar-refractivity contribution in [3.8, 4) is 0 Å². The number of aryl methyl sites for hydroxylation is 1. The molecule has 27 heavy (non-hydrogen) atoms. The molecule has 0 unspecified atom stereocenters. The molecule has 0 saturated carbocycles. The van der Waals surface area contributed by atoms with Gasteiger partial charge in [-0.1, -0.05) is 11.3 Å². The first-order chi connectivity index (χ1) is 12.7. The van der Waals surface area contributed by atoms with Gasteiger partial charge in [0.1, 0.15) is 0 Å². The van der Waals surface area contributed by atoms with Crippen molar-refractivity contribution >= 4 is 43.4 Å². The van der Waals surface area contributed by atoms with Crippen LogP contribution in [0.3, 0.4) is 0 Å². The highest BCUT2D eigenvalue weighted by molar-refractivity contribution is 7.86. The molecule has 0 radical (unpaired) electrons. The van der Waals surface area contributed by atoms with Crippen LogP contribution >= 0.6 is 11.3 Å². The third kappa shape index (κ3) is 3.93. The van der Waals surface area contributed by atoms with Gasteiger partial charge in [-0.05, 0) is 38.0 Å². The highest BCUT2D eigenvalue weighted by Gasteiger charge is 2.33. The number of thiazole rings is 1. The van der Waals surface area contributed by atoms with E-state index in [1.165, 1.54) is 22.7 Å². The van der Waals surface area contributed by atoms with Gasteiger partial charge in [-0.25, -0.2) is 0 Å². The molecule has 8 nitrogen and oxygen atoms in total. The minimum Gasteiger partial charge on any atom is -0.326 e. The number of nitrogens with one attached hydrogen (secondary N) is 1. The van der Waals surface area contributed by atoms with Crippen LogP contribution in [-0.4, -0.2) is 54.7 Å². The summed E-state index contributed by atoms with van der Waals surface area (Å²) in [4.78, 5) is 24.6. The van der Waals surface area contributed by atoms with Crippen LogP contribution in [0, 0.1) is 5.92 Å². The Balaban J connectivity index is 1.75. The SMILES string of the molecule is CCn1c(=O)sc2cc(NC(=O)[C@@H]3CCCN(S(=O)(=O)N(C)C)C3)ccc21. The minimum absolute atomic E-state index is 0.0206. The first-order valence-electron chi connectivity index (χ1n) is 8.86. The smallest absolute Gasteiger partial charge is 0.308 e. The van der Waals surface area contributed by atoms with Crippen molar-refractivity contribution in [1.82, 2.24) is 13.2 Å². The topological polar surface area (TPSA) is 91.7 Å². The molecule has 2 heterocycles. The minimum atomic E-state index is -3.52. The number of carbonyl (C=O) groups is 1. The van der Waals surface area contributed by atoms with E-state index in [0.717, 1.165) is 21.6 Å². The molecule has 148 valence electrons. The molecule has 1 aliphatic heterocycles. The van der Waals surface area contributed by atoms with E-state index in [1.807, 2.05) is 13.0 Å². The molecule has 1 saturated heterocycles. The molecule has 2 aromatic rings. The van der Waals surface area contributed by atoms with Crippen LogP contribution in [0.4, 0.5) is 5.69 Å². The van der Waals surface area contributed by atoms with Gasteiger partial charge < -0.3 is 5.32 Å². The summed E-state index contributed by atoms with van der Waals surface area (Å²) in [5, 5.41) is 2.87. The predicted octanol–water partition coefficient (Wildman–Crippen LogP) is 1.54. The van der Waals surface area contributed by atoms with E-state index >= 15 is 0 Å². The molecule has 1 aromatic carbocycles. The zero-order valence-corrected chi connectivity index (χ0v) is 17.3. The molecular formula is C17H24N4O4S2. The Labute approximate surface area is 162 Å². The molecule has 10 heteroatoms. The summed E-state index contributed by atoms with van der Waals surface area (Å²) in [6, 6.07) is 5.40. The molecule has 1 aliphatic rings. The van der Waals surface area contributed by atoms with Crippen LogP contribution in [0.15, 0.2) is 23.0 Å². The van der Waals surface area contributed by atoms with Gasteiger partial charge in [0.25, 0.3) is 10.2 Å². The lowest BCUT2D eigenvalue weighted by atomic mass is 9.98. The van der Waals surface area contributed by atoms with Gasteiger partial charge in [0.15, 0.2) is 0 Å². The average molecular weight is 413 g/mol. The second kappa shape index (κ2) is 7.70. The van der Waals surface area contributed by atoms with Gasteiger partial charge >= 0.3 is 4.87 Å². The monoisotopic (exact) mass is 412 g/mol. The fourth-order valence-corrected chi connectivity index (χ4v) is 5.47. The van der Waals surface area contributed by atoms with Crippen molar-refractivity contribution in [2.75, 3.05) is 32.5 Å². The Morgan fingerprint density at radius 3 is 2.78 bits per heavy atom. The highest BCUT2D eigenvalue weighted by Crippen LogP contribution is 2.25. The Morgan fingerprint density at radius 1 is 1.37 bits per heavy atom. The Morgan fingerprint density at radius 2 is 2.11 bits per heavy atom. The lowest BCUT2D eigenvalue weighted by Gasteiger charge is -2.32. The fourth-order valence-electron chi connectivity index (χ4n) is 3.28. The number of piperidine rings is 1. The third-order valence-electron chi connectivity index (χ3n) is 4.79. The lowest BCUT2D eigenvalue weighted by Crippen LogP contribution is -2.47. The van der Waals surface area contributed by atoms with Crippen LogP contribution < -0.4 is 10.2 Å². The van der Waals surface area contributed by atoms with E-state index in [2.05, 4.69) is 5.32 Å². The average Bonchev–Trinajstić information content (AvgIpc) is 2.95. The zero-order chi connectivity index (χ0) is 19.8. The molecule has 0 spiro atoms. The number of amides is 1. The number of rotatable bonds is 5. The van der Waals surface area contributed by atoms with Gasteiger partial charge in [0.05, 0.1) is 16.1 Å². The predicted molar refractivity (Wildman–Crippen MR) is 107 cm³/mol. The molecule has 0 aliphatic carbocycles. The summed E-state index contributed by atoms with van der Waals surface area (Å²) in [7, 11) is -0.546. The van der Waals surface area contributed by atoms with E-state index in [0.29, 0.717) is 31.6 Å². The van der Waals surface area contributed by atoms with Crippen LogP contribution in [0.1, 0.15) is 19.8 Å². The zero-order valence-electron chi connectivity index (χ0n) is 15.6. The number of nitrogens with zero attached hydrogens (tertiary/aromatic N) is 3. The summed E-state index contributed by atoms with van der Waals surface area (Å²) < 4.78 is 29.7. The highest BCUT2D eigenvalue weighted by atomic mass is 32.2. The van der Waals surface area contributed by atoms with Crippen LogP contribution in [0.5, 0.6) is 0 Å². The van der Waals surface area contributed by atoms with Crippen molar-refractivity contribution in [2.24, 2.45) is 5.92 Å². The third-order valence-corrected chi connectivity index (χ3v) is 7.64. The first-order valence-corrected chi connectivity index (χ1v) is 11.1. The number of hydrogen-bond acceptors (Lipinski definition) is 5. The number of anilines is 1. The summed E-state index contributed by atoms with van der Waals surface area (Å²) in [5.74, 6) is -0.599. The largest absolute Gasteiger partial charge is 0.326 e. The Kier molecular flexibility index (Phi) is 5.71. The maximum Gasteiger partial charge on any atom is 0.308 e. The van der Waals surface area contributed by atoms with E-state index < -0.39 is 16.1 Å². The first kappa shape index (κ1) is 20.0. The maximum atomic E-state index is 12.7. The normalized spacial score (nSPS) is 18.9. The summed E-state index contributed by atoms with van der Waals surface area (Å²) in [6.45, 7) is 3.12. The summed E-state index contributed by atoms with van der Waals surface area (Å²) >= 11 is 1.15. The van der Waals surface area contributed by atoms with Gasteiger partial charge in [-0.3, -0.25) is 14.2 Å². The van der Waals surface area contributed by atoms with Crippen molar-refractivity contribution in [1.29, 1.82) is 0 Å². The van der Waals surface area contributed by atoms with Gasteiger partial charge in [0.2, 0.25) is 5.91 Å². The molecule has 3 rings (SSSR count). The van der Waals surface area contributed by atoms with Crippen molar-refractivity contribution < 1.29 is 13.2 Å². The van der Waals surface area contributed by atoms with Crippen LogP contribution in [-0.2, 0) is 21.5 Å². The quantitative estimate of drug-likeness (QED) is 0.806. The molecule has 1 aromatic heterocycles. The number of fused-ring (bicyclic) bond motifs is 1. The number of hydrogen-bond donors (Lipinski definition) is 1. The number of aromatic nitrogens is 1. The maximum absolute atomic E-state index is 12.7. The molecule has 1 amide bonds. The number of carbonyl (C=O) groups excluding carboxylic acids is 1. The van der Waals surface area contributed by atoms with Gasteiger partial charge in [-0.15, -0.1) is 0 Å². The van der Waals surface area contributed by atoms with Gasteiger partial charge in [0, 0.05) is 39.4 Å². The Hall–Kier alpha value is -1.75. The number of benzene rings is 1. The summed E-state index contributed by atoms with van der Waals surface area (Å²) in [6.07, 6.45) is 1.29. The van der Waals surface area contributed by atoms with Crippen molar-refractivity contribution in [3.63, 3.8) is 0 Å². The second-order valence-corrected chi connectivity index (χ2v) is 9.91. The molecule has 1 atom stereocenters. The van der Waals surface area contributed by atoms with Gasteiger partial charge in [-0.2, -0.15) is 17.0 Å². The van der Waals surface area contributed by atoms with E-state index in [9.17, 15) is 18.0 Å². The van der Waals surface area contributed by atoms with E-state index in [-0.39, 0.29) is 17.3 Å². The van der Waals surface area contributed by atoms with Crippen molar-refractivity contribution in [3.05, 3.63) is 27.9 Å². The summed E-state index contributed by atoms with van der Waals surface area (Å²) in [5.41, 5.74) is 1.47. The van der Waals surface area contributed by atoms with E-state index in [4.69, 9.17) is 0 Å². The van der Waals surface area contributed by atoms with Crippen LogP contribution in [0.2, 0.25) is 0 Å². The Bertz CT molecular complexity index is 1010. The molecule has 0 bridgehead atoms. The van der Waals surface area contributed by atoms with E-state index in [1.54, 1.807) is 16.7 Å².